The molecule has 0 aliphatic carbocycles. The van der Waals surface area contributed by atoms with E-state index in [-0.39, 0.29) is 13.2 Å². The molecule has 1 N–H and O–H groups in total. The summed E-state index contributed by atoms with van der Waals surface area (Å²) in [6.07, 6.45) is 0. The topological polar surface area (TPSA) is 55.8 Å². The van der Waals surface area contributed by atoms with Gasteiger partial charge in [-0.3, -0.25) is 0 Å². The monoisotopic (exact) mass is 196 g/mol. The van der Waals surface area contributed by atoms with Crippen LogP contribution in [0.2, 0.25) is 0 Å². The summed E-state index contributed by atoms with van der Waals surface area (Å²) in [5, 5.41) is 8.84. The van der Waals surface area contributed by atoms with Gasteiger partial charge in [-0.2, -0.15) is 0 Å². The molecule has 0 atom stereocenters. The highest BCUT2D eigenvalue weighted by Crippen LogP contribution is 2.12. The number of methoxy groups -OCH3 is 1. The van der Waals surface area contributed by atoms with Gasteiger partial charge in [0.15, 0.2) is 6.61 Å². The van der Waals surface area contributed by atoms with Gasteiger partial charge in [0.1, 0.15) is 5.75 Å². The molecule has 0 fully saturated rings. The molecular weight excluding hydrogens is 184 g/mol. The number of carbonyl (C=O) groups excluding carboxylic acids is 1. The SMILES string of the molecule is COC(=O)COc1cccc(CO)c1. The van der Waals surface area contributed by atoms with Crippen LogP contribution in [-0.2, 0) is 16.1 Å². The van der Waals surface area contributed by atoms with Crippen LogP contribution < -0.4 is 4.74 Å². The molecule has 0 aliphatic heterocycles. The second-order valence-corrected chi connectivity index (χ2v) is 2.67. The van der Waals surface area contributed by atoms with Gasteiger partial charge in [0.2, 0.25) is 0 Å². The standard InChI is InChI=1S/C10H12O4/c1-13-10(12)7-14-9-4-2-3-8(5-9)6-11/h2-5,11H,6-7H2,1H3. The van der Waals surface area contributed by atoms with E-state index in [9.17, 15) is 4.79 Å². The van der Waals surface area contributed by atoms with E-state index < -0.39 is 5.97 Å². The second-order valence-electron chi connectivity index (χ2n) is 2.67. The summed E-state index contributed by atoms with van der Waals surface area (Å²) in [7, 11) is 1.30. The van der Waals surface area contributed by atoms with Crippen LogP contribution in [0.1, 0.15) is 5.56 Å². The number of rotatable bonds is 4. The number of carbonyl (C=O) groups is 1. The van der Waals surface area contributed by atoms with E-state index in [1.807, 2.05) is 0 Å². The molecule has 1 aromatic rings. The van der Waals surface area contributed by atoms with Crippen LogP contribution >= 0.6 is 0 Å². The summed E-state index contributed by atoms with van der Waals surface area (Å²) in [6, 6.07) is 6.90. The van der Waals surface area contributed by atoms with Crippen molar-refractivity contribution in [2.75, 3.05) is 13.7 Å². The van der Waals surface area contributed by atoms with Crippen LogP contribution in [0.5, 0.6) is 5.75 Å². The summed E-state index contributed by atoms with van der Waals surface area (Å²) in [4.78, 5) is 10.7. The minimum atomic E-state index is -0.431. The Morgan fingerprint density at radius 3 is 2.93 bits per heavy atom. The fraction of sp³-hybridized carbons (Fsp3) is 0.300. The molecule has 0 saturated heterocycles. The molecule has 0 radical (unpaired) electrons. The first-order chi connectivity index (χ1) is 6.76. The number of ether oxygens (including phenoxy) is 2. The van der Waals surface area contributed by atoms with Crippen molar-refractivity contribution in [3.8, 4) is 5.75 Å². The maximum absolute atomic E-state index is 10.7. The van der Waals surface area contributed by atoms with Crippen LogP contribution in [0.3, 0.4) is 0 Å². The van der Waals surface area contributed by atoms with Crippen molar-refractivity contribution in [3.05, 3.63) is 29.8 Å². The predicted octanol–water partition coefficient (Wildman–Crippen LogP) is 0.731. The maximum Gasteiger partial charge on any atom is 0.343 e. The number of aliphatic hydroxyl groups is 1. The Morgan fingerprint density at radius 1 is 1.50 bits per heavy atom. The second kappa shape index (κ2) is 5.24. The number of benzene rings is 1. The van der Waals surface area contributed by atoms with Gasteiger partial charge < -0.3 is 14.6 Å². The lowest BCUT2D eigenvalue weighted by Crippen LogP contribution is -2.12. The van der Waals surface area contributed by atoms with Gasteiger partial charge in [0, 0.05) is 0 Å². The Kier molecular flexibility index (Phi) is 3.94. The third-order valence-electron chi connectivity index (χ3n) is 1.67. The first-order valence-electron chi connectivity index (χ1n) is 4.15. The average molecular weight is 196 g/mol. The van der Waals surface area contributed by atoms with Crippen molar-refractivity contribution in [2.45, 2.75) is 6.61 Å². The summed E-state index contributed by atoms with van der Waals surface area (Å²) < 4.78 is 9.53. The Morgan fingerprint density at radius 2 is 2.29 bits per heavy atom. The Bertz CT molecular complexity index is 309. The van der Waals surface area contributed by atoms with Crippen LogP contribution in [0, 0.1) is 0 Å². The molecule has 4 nitrogen and oxygen atoms in total. The normalized spacial score (nSPS) is 9.57. The summed E-state index contributed by atoms with van der Waals surface area (Å²) in [5.41, 5.74) is 0.743. The van der Waals surface area contributed by atoms with Gasteiger partial charge >= 0.3 is 5.97 Å². The molecule has 4 heteroatoms. The molecule has 0 aromatic heterocycles. The van der Waals surface area contributed by atoms with Gasteiger partial charge in [-0.05, 0) is 17.7 Å². The lowest BCUT2D eigenvalue weighted by atomic mass is 10.2. The first kappa shape index (κ1) is 10.5. The highest BCUT2D eigenvalue weighted by atomic mass is 16.6. The minimum Gasteiger partial charge on any atom is -0.482 e. The summed E-state index contributed by atoms with van der Waals surface area (Å²) >= 11 is 0. The zero-order chi connectivity index (χ0) is 10.4. The Balaban J connectivity index is 2.54. The number of hydrogen-bond donors (Lipinski definition) is 1. The van der Waals surface area contributed by atoms with Crippen molar-refractivity contribution in [1.29, 1.82) is 0 Å². The first-order valence-corrected chi connectivity index (χ1v) is 4.15. The quantitative estimate of drug-likeness (QED) is 0.721. The van der Waals surface area contributed by atoms with Crippen LogP contribution in [0.25, 0.3) is 0 Å². The van der Waals surface area contributed by atoms with Crippen molar-refractivity contribution in [3.63, 3.8) is 0 Å². The van der Waals surface area contributed by atoms with Gasteiger partial charge in [-0.1, -0.05) is 12.1 Å². The van der Waals surface area contributed by atoms with E-state index in [0.717, 1.165) is 5.56 Å². The zero-order valence-electron chi connectivity index (χ0n) is 7.90. The molecule has 14 heavy (non-hydrogen) atoms. The summed E-state index contributed by atoms with van der Waals surface area (Å²) in [6.45, 7) is -0.166. The maximum atomic E-state index is 10.7. The van der Waals surface area contributed by atoms with Crippen molar-refractivity contribution in [2.24, 2.45) is 0 Å². The molecule has 0 unspecified atom stereocenters. The molecule has 1 aromatic carbocycles. The largest absolute Gasteiger partial charge is 0.482 e. The third-order valence-corrected chi connectivity index (χ3v) is 1.67. The van der Waals surface area contributed by atoms with Crippen molar-refractivity contribution in [1.82, 2.24) is 0 Å². The van der Waals surface area contributed by atoms with E-state index in [1.165, 1.54) is 7.11 Å². The highest BCUT2D eigenvalue weighted by molar-refractivity contribution is 5.70. The molecule has 0 heterocycles. The average Bonchev–Trinajstić information content (AvgIpc) is 2.26. The van der Waals surface area contributed by atoms with E-state index in [4.69, 9.17) is 9.84 Å². The molecule has 0 saturated carbocycles. The number of esters is 1. The smallest absolute Gasteiger partial charge is 0.343 e. The summed E-state index contributed by atoms with van der Waals surface area (Å²) in [5.74, 6) is 0.112. The molecule has 0 aliphatic rings. The number of aliphatic hydroxyl groups excluding tert-OH is 1. The number of hydrogen-bond acceptors (Lipinski definition) is 4. The van der Waals surface area contributed by atoms with Crippen LogP contribution in [-0.4, -0.2) is 24.8 Å². The lowest BCUT2D eigenvalue weighted by Gasteiger charge is -2.05. The van der Waals surface area contributed by atoms with Gasteiger partial charge in [-0.25, -0.2) is 4.79 Å². The molecular formula is C10H12O4. The van der Waals surface area contributed by atoms with Crippen molar-refractivity contribution >= 4 is 5.97 Å². The predicted molar refractivity (Wildman–Crippen MR) is 49.9 cm³/mol. The van der Waals surface area contributed by atoms with Crippen molar-refractivity contribution < 1.29 is 19.4 Å². The molecule has 0 bridgehead atoms. The van der Waals surface area contributed by atoms with Gasteiger partial charge in [-0.15, -0.1) is 0 Å². The molecule has 0 spiro atoms. The van der Waals surface area contributed by atoms with Gasteiger partial charge in [0.05, 0.1) is 13.7 Å². The lowest BCUT2D eigenvalue weighted by molar-refractivity contribution is -0.142. The van der Waals surface area contributed by atoms with E-state index in [2.05, 4.69) is 4.74 Å². The highest BCUT2D eigenvalue weighted by Gasteiger charge is 2.01. The van der Waals surface area contributed by atoms with Crippen LogP contribution in [0.4, 0.5) is 0 Å². The van der Waals surface area contributed by atoms with Gasteiger partial charge in [0.25, 0.3) is 0 Å². The molecule has 76 valence electrons. The zero-order valence-corrected chi connectivity index (χ0v) is 7.90. The van der Waals surface area contributed by atoms with E-state index in [0.29, 0.717) is 5.75 Å². The molecule has 0 amide bonds. The Hall–Kier alpha value is -1.55. The molecule has 1 rings (SSSR count). The van der Waals surface area contributed by atoms with Crippen LogP contribution in [0.15, 0.2) is 24.3 Å². The van der Waals surface area contributed by atoms with E-state index >= 15 is 0 Å². The van der Waals surface area contributed by atoms with E-state index in [1.54, 1.807) is 24.3 Å². The minimum absolute atomic E-state index is 0.0462. The fourth-order valence-corrected chi connectivity index (χ4v) is 0.935. The Labute approximate surface area is 82.1 Å². The fourth-order valence-electron chi connectivity index (χ4n) is 0.935. The third kappa shape index (κ3) is 3.06.